The minimum absolute atomic E-state index is 0.0189. The summed E-state index contributed by atoms with van der Waals surface area (Å²) >= 11 is 0. The summed E-state index contributed by atoms with van der Waals surface area (Å²) in [6.45, 7) is 0.677. The van der Waals surface area contributed by atoms with Gasteiger partial charge in [0.1, 0.15) is 22.8 Å². The molecule has 9 nitrogen and oxygen atoms in total. The van der Waals surface area contributed by atoms with Crippen molar-refractivity contribution < 1.29 is 23.4 Å². The van der Waals surface area contributed by atoms with Gasteiger partial charge in [-0.2, -0.15) is 4.98 Å². The lowest BCUT2D eigenvalue weighted by molar-refractivity contribution is -0.0469. The largest absolute Gasteiger partial charge is 0.394 e. The third-order valence-corrected chi connectivity index (χ3v) is 5.86. The van der Waals surface area contributed by atoms with E-state index in [2.05, 4.69) is 4.98 Å². The Bertz CT molecular complexity index is 702. The third kappa shape index (κ3) is 2.33. The summed E-state index contributed by atoms with van der Waals surface area (Å²) in [4.78, 5) is 15.4. The Kier molecular flexibility index (Phi) is 3.82. The number of aliphatic hydroxyl groups excluding tert-OH is 2. The lowest BCUT2D eigenvalue weighted by atomic mass is 10.0. The van der Waals surface area contributed by atoms with E-state index in [0.717, 1.165) is 10.8 Å². The number of anilines is 1. The highest BCUT2D eigenvalue weighted by molar-refractivity contribution is 7.92. The van der Waals surface area contributed by atoms with Crippen LogP contribution in [0, 0.1) is 0 Å². The van der Waals surface area contributed by atoms with Crippen LogP contribution in [-0.2, 0) is 14.6 Å². The minimum Gasteiger partial charge on any atom is -0.394 e. The smallest absolute Gasteiger partial charge is 0.351 e. The number of ether oxygens (including phenoxy) is 1. The van der Waals surface area contributed by atoms with Crippen LogP contribution in [0.4, 0.5) is 5.82 Å². The monoisotopic (exact) mass is 319 g/mol. The zero-order chi connectivity index (χ0) is 16.0. The fourth-order valence-corrected chi connectivity index (χ4v) is 3.51. The van der Waals surface area contributed by atoms with Gasteiger partial charge in [-0.1, -0.05) is 0 Å². The maximum atomic E-state index is 12.1. The quantitative estimate of drug-likeness (QED) is 0.573. The fraction of sp³-hybridized carbons (Fsp3) is 0.636. The van der Waals surface area contributed by atoms with Crippen molar-refractivity contribution in [3.63, 3.8) is 0 Å². The van der Waals surface area contributed by atoms with E-state index in [1.165, 1.54) is 19.2 Å². The summed E-state index contributed by atoms with van der Waals surface area (Å²) in [5, 5.41) is 19.4. The molecule has 0 spiro atoms. The molecule has 1 fully saturated rings. The van der Waals surface area contributed by atoms with E-state index in [1.54, 1.807) is 0 Å². The van der Waals surface area contributed by atoms with Crippen molar-refractivity contribution in [3.05, 3.63) is 22.7 Å². The van der Waals surface area contributed by atoms with Crippen LogP contribution in [0.25, 0.3) is 0 Å². The maximum Gasteiger partial charge on any atom is 0.351 e. The highest BCUT2D eigenvalue weighted by Gasteiger charge is 2.60. The molecule has 1 aromatic rings. The summed E-state index contributed by atoms with van der Waals surface area (Å²) in [6, 6.07) is 1.31. The van der Waals surface area contributed by atoms with Gasteiger partial charge in [-0.15, -0.1) is 0 Å². The van der Waals surface area contributed by atoms with Gasteiger partial charge in [-0.25, -0.2) is 13.2 Å². The van der Waals surface area contributed by atoms with Crippen molar-refractivity contribution in [3.8, 4) is 0 Å². The molecule has 0 bridgehead atoms. The van der Waals surface area contributed by atoms with Crippen LogP contribution in [0.1, 0.15) is 13.2 Å². The number of aromatic nitrogens is 2. The van der Waals surface area contributed by atoms with Crippen LogP contribution in [0.5, 0.6) is 0 Å². The molecule has 2 rings (SSSR count). The molecule has 10 heteroatoms. The molecule has 4 atom stereocenters. The molecule has 1 aliphatic heterocycles. The molecule has 0 amide bonds. The van der Waals surface area contributed by atoms with Crippen LogP contribution in [0.3, 0.4) is 0 Å². The first-order valence-electron chi connectivity index (χ1n) is 6.11. The molecule has 21 heavy (non-hydrogen) atoms. The second-order valence-electron chi connectivity index (χ2n) is 5.15. The van der Waals surface area contributed by atoms with E-state index in [-0.39, 0.29) is 5.82 Å². The first-order valence-corrected chi connectivity index (χ1v) is 8.00. The van der Waals surface area contributed by atoms with E-state index in [9.17, 15) is 23.4 Å². The van der Waals surface area contributed by atoms with Crippen molar-refractivity contribution in [1.82, 2.24) is 9.55 Å². The number of aliphatic hydroxyl groups is 2. The molecule has 2 heterocycles. The van der Waals surface area contributed by atoms with Gasteiger partial charge in [0.15, 0.2) is 16.1 Å². The molecule has 0 radical (unpaired) electrons. The van der Waals surface area contributed by atoms with Crippen molar-refractivity contribution in [1.29, 1.82) is 0 Å². The summed E-state index contributed by atoms with van der Waals surface area (Å²) < 4.78 is 28.7. The van der Waals surface area contributed by atoms with Crippen LogP contribution in [0.2, 0.25) is 0 Å². The third-order valence-electron chi connectivity index (χ3n) is 3.82. The van der Waals surface area contributed by atoms with Crippen LogP contribution in [-0.4, -0.2) is 58.0 Å². The Hall–Kier alpha value is -1.49. The predicted molar refractivity (Wildman–Crippen MR) is 73.2 cm³/mol. The van der Waals surface area contributed by atoms with Gasteiger partial charge < -0.3 is 20.7 Å². The van der Waals surface area contributed by atoms with Crippen molar-refractivity contribution in [2.45, 2.75) is 30.1 Å². The van der Waals surface area contributed by atoms with E-state index in [0.29, 0.717) is 0 Å². The zero-order valence-corrected chi connectivity index (χ0v) is 12.3. The lowest BCUT2D eigenvalue weighted by Gasteiger charge is -2.31. The van der Waals surface area contributed by atoms with Gasteiger partial charge in [0.2, 0.25) is 0 Å². The number of nitrogens with zero attached hydrogens (tertiary/aromatic N) is 2. The lowest BCUT2D eigenvalue weighted by Crippen LogP contribution is -2.51. The fourth-order valence-electron chi connectivity index (χ4n) is 2.38. The van der Waals surface area contributed by atoms with E-state index >= 15 is 0 Å². The molecular weight excluding hydrogens is 302 g/mol. The van der Waals surface area contributed by atoms with Gasteiger partial charge in [0.05, 0.1) is 6.61 Å². The Morgan fingerprint density at radius 1 is 1.57 bits per heavy atom. The first-order chi connectivity index (χ1) is 9.62. The Balaban J connectivity index is 2.63. The van der Waals surface area contributed by atoms with Gasteiger partial charge in [0.25, 0.3) is 0 Å². The number of hydrogen-bond donors (Lipinski definition) is 3. The summed E-state index contributed by atoms with van der Waals surface area (Å²) in [6.07, 6.45) is -1.76. The van der Waals surface area contributed by atoms with Gasteiger partial charge in [0, 0.05) is 12.5 Å². The standard InChI is InChI=1S/C11H17N3O6S/c1-11(21(2,18)19)8(16)6(5-15)20-9(11)14-4-3-7(12)13-10(14)17/h3-4,6,8-9,15-16H,5H2,1-2H3,(H2,12,13,17)/t6-,8-,9-,11-/m1/s1. The van der Waals surface area contributed by atoms with Crippen molar-refractivity contribution in [2.24, 2.45) is 0 Å². The van der Waals surface area contributed by atoms with Crippen LogP contribution >= 0.6 is 0 Å². The normalized spacial score (nSPS) is 33.2. The van der Waals surface area contributed by atoms with E-state index in [4.69, 9.17) is 10.5 Å². The van der Waals surface area contributed by atoms with Crippen molar-refractivity contribution >= 4 is 15.7 Å². The number of nitrogens with two attached hydrogens (primary N) is 1. The number of nitrogen functional groups attached to an aromatic ring is 1. The highest BCUT2D eigenvalue weighted by atomic mass is 32.2. The molecule has 0 saturated carbocycles. The van der Waals surface area contributed by atoms with E-state index in [1.807, 2.05) is 0 Å². The topological polar surface area (TPSA) is 145 Å². The Morgan fingerprint density at radius 2 is 2.19 bits per heavy atom. The van der Waals surface area contributed by atoms with Crippen molar-refractivity contribution in [2.75, 3.05) is 18.6 Å². The van der Waals surface area contributed by atoms with Gasteiger partial charge in [-0.05, 0) is 13.0 Å². The molecule has 1 aliphatic rings. The molecule has 1 aromatic heterocycles. The molecular formula is C11H17N3O6S. The highest BCUT2D eigenvalue weighted by Crippen LogP contribution is 2.42. The average Bonchev–Trinajstić information content (AvgIpc) is 2.63. The van der Waals surface area contributed by atoms with E-state index < -0.39 is 45.3 Å². The Labute approximate surface area is 120 Å². The predicted octanol–water partition coefficient (Wildman–Crippen LogP) is -2.12. The number of hydrogen-bond acceptors (Lipinski definition) is 8. The summed E-state index contributed by atoms with van der Waals surface area (Å²) in [5.74, 6) is -0.0189. The first kappa shape index (κ1) is 15.9. The molecule has 4 N–H and O–H groups in total. The van der Waals surface area contributed by atoms with Gasteiger partial charge >= 0.3 is 5.69 Å². The zero-order valence-electron chi connectivity index (χ0n) is 11.5. The van der Waals surface area contributed by atoms with Crippen LogP contribution < -0.4 is 11.4 Å². The second-order valence-corrected chi connectivity index (χ2v) is 7.58. The molecule has 0 aromatic carbocycles. The molecule has 0 unspecified atom stereocenters. The second kappa shape index (κ2) is 5.05. The summed E-state index contributed by atoms with van der Waals surface area (Å²) in [7, 11) is -3.82. The molecule has 1 saturated heterocycles. The van der Waals surface area contributed by atoms with Crippen LogP contribution in [0.15, 0.2) is 17.1 Å². The number of sulfone groups is 1. The molecule has 0 aliphatic carbocycles. The maximum absolute atomic E-state index is 12.1. The molecule has 118 valence electrons. The SMILES string of the molecule is C[C@@]1(S(C)(=O)=O)[C@H](O)[C@@H](CO)O[C@H]1n1ccc(N)nc1=O. The minimum atomic E-state index is -3.82. The number of rotatable bonds is 3. The summed E-state index contributed by atoms with van der Waals surface area (Å²) in [5.41, 5.74) is 4.58. The van der Waals surface area contributed by atoms with Gasteiger partial charge in [-0.3, -0.25) is 4.57 Å². The Morgan fingerprint density at radius 3 is 2.67 bits per heavy atom. The average molecular weight is 319 g/mol.